The van der Waals surface area contributed by atoms with Gasteiger partial charge in [0.25, 0.3) is 0 Å². The van der Waals surface area contributed by atoms with Crippen molar-refractivity contribution in [3.8, 4) is 0 Å². The van der Waals surface area contributed by atoms with Crippen molar-refractivity contribution in [2.24, 2.45) is 5.92 Å². The van der Waals surface area contributed by atoms with Gasteiger partial charge >= 0.3 is 0 Å². The number of nitrogens with zero attached hydrogens (tertiary/aromatic N) is 2. The van der Waals surface area contributed by atoms with Crippen LogP contribution in [0.2, 0.25) is 0 Å². The molecule has 1 saturated heterocycles. The van der Waals surface area contributed by atoms with E-state index >= 15 is 0 Å². The fourth-order valence-corrected chi connectivity index (χ4v) is 2.79. The van der Waals surface area contributed by atoms with Gasteiger partial charge in [-0.05, 0) is 57.1 Å². The summed E-state index contributed by atoms with van der Waals surface area (Å²) in [6.45, 7) is 6.89. The molecule has 0 spiro atoms. The minimum absolute atomic E-state index is 0. The Kier molecular flexibility index (Phi) is 8.46. The van der Waals surface area contributed by atoms with Crippen molar-refractivity contribution in [2.75, 3.05) is 44.7 Å². The first-order valence-corrected chi connectivity index (χ1v) is 7.95. The van der Waals surface area contributed by atoms with E-state index in [0.29, 0.717) is 6.54 Å². The van der Waals surface area contributed by atoms with Gasteiger partial charge in [0.1, 0.15) is 0 Å². The molecule has 1 fully saturated rings. The Morgan fingerprint density at radius 1 is 1.27 bits per heavy atom. The lowest BCUT2D eigenvalue weighted by molar-refractivity contribution is -0.119. The molecule has 0 radical (unpaired) electrons. The smallest absolute Gasteiger partial charge is 0.240 e. The molecule has 0 saturated carbocycles. The molecule has 0 atom stereocenters. The SMILES string of the molecule is CCNCC1CCN(CC(=O)N(C)c2ccccc2)CC1.Cl. The lowest BCUT2D eigenvalue weighted by Crippen LogP contribution is -2.43. The Morgan fingerprint density at radius 3 is 2.50 bits per heavy atom. The van der Waals surface area contributed by atoms with E-state index in [-0.39, 0.29) is 18.3 Å². The average Bonchev–Trinajstić information content (AvgIpc) is 2.54. The van der Waals surface area contributed by atoms with E-state index in [4.69, 9.17) is 0 Å². The van der Waals surface area contributed by atoms with Gasteiger partial charge < -0.3 is 10.2 Å². The number of carbonyl (C=O) groups excluding carboxylic acids is 1. The van der Waals surface area contributed by atoms with Crippen LogP contribution in [0.4, 0.5) is 5.69 Å². The first-order valence-electron chi connectivity index (χ1n) is 7.95. The third kappa shape index (κ3) is 5.59. The summed E-state index contributed by atoms with van der Waals surface area (Å²) < 4.78 is 0. The van der Waals surface area contributed by atoms with Crippen LogP contribution in [0.3, 0.4) is 0 Å². The first kappa shape index (κ1) is 18.9. The number of benzene rings is 1. The van der Waals surface area contributed by atoms with E-state index in [1.807, 2.05) is 37.4 Å². The third-order valence-electron chi connectivity index (χ3n) is 4.27. The van der Waals surface area contributed by atoms with E-state index in [9.17, 15) is 4.79 Å². The Hall–Kier alpha value is -1.10. The fraction of sp³-hybridized carbons (Fsp3) is 0.588. The van der Waals surface area contributed by atoms with E-state index in [1.165, 1.54) is 12.8 Å². The number of likely N-dealkylation sites (N-methyl/N-ethyl adjacent to an activating group) is 1. The van der Waals surface area contributed by atoms with E-state index in [0.717, 1.165) is 37.8 Å². The predicted molar refractivity (Wildman–Crippen MR) is 94.8 cm³/mol. The second kappa shape index (κ2) is 9.82. The molecule has 124 valence electrons. The highest BCUT2D eigenvalue weighted by atomic mass is 35.5. The van der Waals surface area contributed by atoms with Crippen molar-refractivity contribution in [1.29, 1.82) is 0 Å². The number of amides is 1. The van der Waals surface area contributed by atoms with Gasteiger partial charge in [-0.3, -0.25) is 9.69 Å². The molecule has 0 bridgehead atoms. The zero-order chi connectivity index (χ0) is 15.1. The standard InChI is InChI=1S/C17H27N3O.ClH/c1-3-18-13-15-9-11-20(12-10-15)14-17(21)19(2)16-7-5-4-6-8-16;/h4-8,15,18H,3,9-14H2,1-2H3;1H. The van der Waals surface area contributed by atoms with Crippen LogP contribution in [0.25, 0.3) is 0 Å². The molecule has 1 aliphatic rings. The van der Waals surface area contributed by atoms with Gasteiger partial charge in [-0.1, -0.05) is 25.1 Å². The molecule has 2 rings (SSSR count). The Balaban J connectivity index is 0.00000242. The number of para-hydroxylation sites is 1. The van der Waals surface area contributed by atoms with E-state index < -0.39 is 0 Å². The summed E-state index contributed by atoms with van der Waals surface area (Å²) in [5.41, 5.74) is 0.963. The van der Waals surface area contributed by atoms with Crippen LogP contribution in [0.15, 0.2) is 30.3 Å². The van der Waals surface area contributed by atoms with Crippen molar-refractivity contribution < 1.29 is 4.79 Å². The van der Waals surface area contributed by atoms with Gasteiger partial charge in [-0.2, -0.15) is 0 Å². The van der Waals surface area contributed by atoms with Crippen LogP contribution in [0.1, 0.15) is 19.8 Å². The lowest BCUT2D eigenvalue weighted by atomic mass is 9.97. The molecule has 4 nitrogen and oxygen atoms in total. The number of halogens is 1. The van der Waals surface area contributed by atoms with Gasteiger partial charge in [0.15, 0.2) is 0 Å². The Bertz CT molecular complexity index is 433. The highest BCUT2D eigenvalue weighted by Crippen LogP contribution is 2.17. The monoisotopic (exact) mass is 325 g/mol. The van der Waals surface area contributed by atoms with Crippen molar-refractivity contribution in [3.05, 3.63) is 30.3 Å². The quantitative estimate of drug-likeness (QED) is 0.872. The molecule has 0 aliphatic carbocycles. The van der Waals surface area contributed by atoms with E-state index in [1.54, 1.807) is 4.90 Å². The molecule has 0 aromatic heterocycles. The molecular weight excluding hydrogens is 298 g/mol. The molecule has 5 heteroatoms. The summed E-state index contributed by atoms with van der Waals surface area (Å²) in [6.07, 6.45) is 2.38. The molecule has 22 heavy (non-hydrogen) atoms. The first-order chi connectivity index (χ1) is 10.2. The number of carbonyl (C=O) groups is 1. The van der Waals surface area contributed by atoms with Crippen LogP contribution in [-0.2, 0) is 4.79 Å². The van der Waals surface area contributed by atoms with Crippen molar-refractivity contribution in [3.63, 3.8) is 0 Å². The molecule has 1 aliphatic heterocycles. The van der Waals surface area contributed by atoms with Crippen LogP contribution >= 0.6 is 12.4 Å². The minimum Gasteiger partial charge on any atom is -0.317 e. The van der Waals surface area contributed by atoms with Gasteiger partial charge in [0, 0.05) is 12.7 Å². The van der Waals surface area contributed by atoms with Crippen molar-refractivity contribution in [2.45, 2.75) is 19.8 Å². The number of rotatable bonds is 6. The molecule has 0 unspecified atom stereocenters. The second-order valence-corrected chi connectivity index (χ2v) is 5.82. The van der Waals surface area contributed by atoms with Gasteiger partial charge in [0.2, 0.25) is 5.91 Å². The number of piperidine rings is 1. The number of nitrogens with one attached hydrogen (secondary N) is 1. The highest BCUT2D eigenvalue weighted by molar-refractivity contribution is 5.94. The fourth-order valence-electron chi connectivity index (χ4n) is 2.79. The van der Waals surface area contributed by atoms with Crippen molar-refractivity contribution in [1.82, 2.24) is 10.2 Å². The van der Waals surface area contributed by atoms with Crippen LogP contribution in [0, 0.1) is 5.92 Å². The molecule has 1 heterocycles. The number of anilines is 1. The topological polar surface area (TPSA) is 35.6 Å². The lowest BCUT2D eigenvalue weighted by Gasteiger charge is -2.32. The normalized spacial score (nSPS) is 16.1. The largest absolute Gasteiger partial charge is 0.317 e. The highest BCUT2D eigenvalue weighted by Gasteiger charge is 2.22. The maximum atomic E-state index is 12.3. The summed E-state index contributed by atoms with van der Waals surface area (Å²) >= 11 is 0. The number of likely N-dealkylation sites (tertiary alicyclic amines) is 1. The predicted octanol–water partition coefficient (Wildman–Crippen LogP) is 2.39. The summed E-state index contributed by atoms with van der Waals surface area (Å²) in [7, 11) is 1.86. The van der Waals surface area contributed by atoms with Gasteiger partial charge in [-0.25, -0.2) is 0 Å². The minimum atomic E-state index is 0. The maximum absolute atomic E-state index is 12.3. The molecule has 1 amide bonds. The summed E-state index contributed by atoms with van der Waals surface area (Å²) in [5.74, 6) is 0.939. The maximum Gasteiger partial charge on any atom is 0.240 e. The van der Waals surface area contributed by atoms with Gasteiger partial charge in [-0.15, -0.1) is 12.4 Å². The van der Waals surface area contributed by atoms with Crippen LogP contribution in [-0.4, -0.2) is 50.6 Å². The molecule has 1 N–H and O–H groups in total. The zero-order valence-electron chi connectivity index (χ0n) is 13.6. The number of hydrogen-bond acceptors (Lipinski definition) is 3. The second-order valence-electron chi connectivity index (χ2n) is 5.82. The van der Waals surface area contributed by atoms with Crippen LogP contribution in [0.5, 0.6) is 0 Å². The summed E-state index contributed by atoms with van der Waals surface area (Å²) in [5, 5.41) is 3.42. The van der Waals surface area contributed by atoms with Crippen LogP contribution < -0.4 is 10.2 Å². The number of hydrogen-bond donors (Lipinski definition) is 1. The summed E-state index contributed by atoms with van der Waals surface area (Å²) in [4.78, 5) is 16.4. The Labute approximate surface area is 140 Å². The summed E-state index contributed by atoms with van der Waals surface area (Å²) in [6, 6.07) is 9.84. The molecule has 1 aromatic rings. The molecular formula is C17H28ClN3O. The van der Waals surface area contributed by atoms with Gasteiger partial charge in [0.05, 0.1) is 6.54 Å². The average molecular weight is 326 g/mol. The third-order valence-corrected chi connectivity index (χ3v) is 4.27. The zero-order valence-corrected chi connectivity index (χ0v) is 14.4. The molecule has 1 aromatic carbocycles. The van der Waals surface area contributed by atoms with E-state index in [2.05, 4.69) is 17.1 Å². The Morgan fingerprint density at radius 2 is 1.91 bits per heavy atom. The van der Waals surface area contributed by atoms with Crippen molar-refractivity contribution >= 4 is 24.0 Å².